The van der Waals surface area contributed by atoms with Crippen LogP contribution in [0.15, 0.2) is 18.3 Å². The Kier molecular flexibility index (Phi) is 4.78. The highest BCUT2D eigenvalue weighted by atomic mass is 16.6. The Morgan fingerprint density at radius 1 is 1.36 bits per heavy atom. The first-order valence-corrected chi connectivity index (χ1v) is 7.69. The molecule has 1 aromatic rings. The number of fused-ring (bicyclic) bond motifs is 1. The monoisotopic (exact) mass is 307 g/mol. The summed E-state index contributed by atoms with van der Waals surface area (Å²) in [4.78, 5) is 25.7. The molecule has 0 saturated heterocycles. The Labute approximate surface area is 131 Å². The molecule has 0 bridgehead atoms. The molecule has 0 unspecified atom stereocenters. The highest BCUT2D eigenvalue weighted by Crippen LogP contribution is 2.25. The smallest absolute Gasteiger partial charge is 0.407 e. The molecule has 6 heteroatoms. The van der Waals surface area contributed by atoms with Crippen molar-refractivity contribution < 1.29 is 14.3 Å². The van der Waals surface area contributed by atoms with Crippen molar-refractivity contribution >= 4 is 12.0 Å². The van der Waals surface area contributed by atoms with Crippen LogP contribution in [-0.4, -0.2) is 40.2 Å². The maximum Gasteiger partial charge on any atom is 0.407 e. The second kappa shape index (κ2) is 6.42. The van der Waals surface area contributed by atoms with Crippen molar-refractivity contribution in [2.45, 2.75) is 52.3 Å². The normalized spacial score (nSPS) is 17.8. The number of carbonyl (C=O) groups excluding carboxylic acids is 2. The maximum absolute atomic E-state index is 12.3. The lowest BCUT2D eigenvalue weighted by Gasteiger charge is -2.35. The number of nitrogens with one attached hydrogen (secondary N) is 1. The molecule has 6 nitrogen and oxygen atoms in total. The zero-order valence-corrected chi connectivity index (χ0v) is 13.8. The highest BCUT2D eigenvalue weighted by Gasteiger charge is 2.27. The van der Waals surface area contributed by atoms with E-state index in [1.165, 1.54) is 0 Å². The van der Waals surface area contributed by atoms with Crippen LogP contribution in [0.25, 0.3) is 0 Å². The number of alkyl carbamates (subject to hydrolysis) is 1. The summed E-state index contributed by atoms with van der Waals surface area (Å²) in [5.74, 6) is 0.0519. The Bertz CT molecular complexity index is 545. The fraction of sp³-hybridized carbons (Fsp3) is 0.625. The van der Waals surface area contributed by atoms with E-state index >= 15 is 0 Å². The Morgan fingerprint density at radius 3 is 2.77 bits per heavy atom. The molecule has 2 rings (SSSR count). The second-order valence-corrected chi connectivity index (χ2v) is 6.57. The van der Waals surface area contributed by atoms with E-state index in [4.69, 9.17) is 4.74 Å². The summed E-state index contributed by atoms with van der Waals surface area (Å²) in [5, 5.41) is 2.62. The predicted octanol–water partition coefficient (Wildman–Crippen LogP) is 2.31. The summed E-state index contributed by atoms with van der Waals surface area (Å²) >= 11 is 0. The highest BCUT2D eigenvalue weighted by molar-refractivity contribution is 5.77. The number of amides is 2. The summed E-state index contributed by atoms with van der Waals surface area (Å²) in [6.07, 6.45) is 1.84. The average molecular weight is 307 g/mol. The molecule has 1 aromatic heterocycles. The van der Waals surface area contributed by atoms with Gasteiger partial charge in [0.05, 0.1) is 6.04 Å². The largest absolute Gasteiger partial charge is 0.444 e. The van der Waals surface area contributed by atoms with Gasteiger partial charge in [0.15, 0.2) is 0 Å². The molecule has 2 heterocycles. The van der Waals surface area contributed by atoms with E-state index in [9.17, 15) is 9.59 Å². The standard InChI is InChI=1S/C16H25N3O3/c1-12-13-6-5-9-18(13)10-11-19(12)14(20)7-8-17-15(21)22-16(2,3)4/h5-6,9,12H,7-8,10-11H2,1-4H3,(H,17,21)/t12-/m0/s1. The molecular formula is C16H25N3O3. The van der Waals surface area contributed by atoms with Crippen LogP contribution in [-0.2, 0) is 16.1 Å². The van der Waals surface area contributed by atoms with Crippen molar-refractivity contribution in [3.63, 3.8) is 0 Å². The van der Waals surface area contributed by atoms with Gasteiger partial charge in [0.1, 0.15) is 5.60 Å². The zero-order chi connectivity index (χ0) is 16.3. The van der Waals surface area contributed by atoms with Crippen LogP contribution < -0.4 is 5.32 Å². The maximum atomic E-state index is 12.3. The van der Waals surface area contributed by atoms with E-state index < -0.39 is 11.7 Å². The van der Waals surface area contributed by atoms with Crippen LogP contribution >= 0.6 is 0 Å². The first-order chi connectivity index (χ1) is 10.3. The number of carbonyl (C=O) groups is 2. The molecule has 0 saturated carbocycles. The summed E-state index contributed by atoms with van der Waals surface area (Å²) in [6, 6.07) is 4.12. The third-order valence-electron chi connectivity index (χ3n) is 3.67. The van der Waals surface area contributed by atoms with Crippen molar-refractivity contribution in [2.75, 3.05) is 13.1 Å². The molecule has 1 atom stereocenters. The summed E-state index contributed by atoms with van der Waals surface area (Å²) in [5.41, 5.74) is 0.626. The lowest BCUT2D eigenvalue weighted by Crippen LogP contribution is -2.42. The Balaban J connectivity index is 1.80. The zero-order valence-electron chi connectivity index (χ0n) is 13.8. The number of nitrogens with zero attached hydrogens (tertiary/aromatic N) is 2. The van der Waals surface area contributed by atoms with Crippen molar-refractivity contribution in [2.24, 2.45) is 0 Å². The van der Waals surface area contributed by atoms with Crippen LogP contribution in [0.1, 0.15) is 45.9 Å². The van der Waals surface area contributed by atoms with E-state index in [1.807, 2.05) is 50.9 Å². The third kappa shape index (κ3) is 4.02. The fourth-order valence-electron chi connectivity index (χ4n) is 2.65. The van der Waals surface area contributed by atoms with Crippen LogP contribution in [0, 0.1) is 0 Å². The van der Waals surface area contributed by atoms with Gasteiger partial charge < -0.3 is 19.5 Å². The molecule has 0 fully saturated rings. The number of aromatic nitrogens is 1. The van der Waals surface area contributed by atoms with Crippen molar-refractivity contribution in [3.05, 3.63) is 24.0 Å². The molecule has 122 valence electrons. The van der Waals surface area contributed by atoms with Gasteiger partial charge in [0.25, 0.3) is 0 Å². The van der Waals surface area contributed by atoms with Gasteiger partial charge in [-0.2, -0.15) is 0 Å². The molecule has 1 N–H and O–H groups in total. The van der Waals surface area contributed by atoms with Gasteiger partial charge in [-0.1, -0.05) is 0 Å². The first kappa shape index (κ1) is 16.4. The minimum absolute atomic E-state index is 0.0519. The van der Waals surface area contributed by atoms with Crippen LogP contribution in [0.4, 0.5) is 4.79 Å². The van der Waals surface area contributed by atoms with Crippen LogP contribution in [0.2, 0.25) is 0 Å². The van der Waals surface area contributed by atoms with Crippen LogP contribution in [0.5, 0.6) is 0 Å². The predicted molar refractivity (Wildman–Crippen MR) is 83.4 cm³/mol. The first-order valence-electron chi connectivity index (χ1n) is 7.69. The molecule has 22 heavy (non-hydrogen) atoms. The van der Waals surface area contributed by atoms with Crippen LogP contribution in [0.3, 0.4) is 0 Å². The molecule has 1 aliphatic heterocycles. The molecule has 0 aromatic carbocycles. The second-order valence-electron chi connectivity index (χ2n) is 6.57. The minimum atomic E-state index is -0.527. The molecule has 0 aliphatic carbocycles. The molecule has 0 spiro atoms. The summed E-state index contributed by atoms with van der Waals surface area (Å²) in [7, 11) is 0. The van der Waals surface area contributed by atoms with Gasteiger partial charge in [-0.25, -0.2) is 4.79 Å². The van der Waals surface area contributed by atoms with Gasteiger partial charge in [0, 0.05) is 37.9 Å². The molecule has 1 aliphatic rings. The third-order valence-corrected chi connectivity index (χ3v) is 3.67. The van der Waals surface area contributed by atoms with E-state index in [1.54, 1.807) is 0 Å². The van der Waals surface area contributed by atoms with Crippen molar-refractivity contribution in [1.82, 2.24) is 14.8 Å². The number of hydrogen-bond acceptors (Lipinski definition) is 3. The molecular weight excluding hydrogens is 282 g/mol. The van der Waals surface area contributed by atoms with Gasteiger partial charge >= 0.3 is 6.09 Å². The van der Waals surface area contributed by atoms with E-state index in [2.05, 4.69) is 9.88 Å². The lowest BCUT2D eigenvalue weighted by atomic mass is 10.1. The molecule has 0 radical (unpaired) electrons. The van der Waals surface area contributed by atoms with Gasteiger partial charge in [-0.3, -0.25) is 4.79 Å². The summed E-state index contributed by atoms with van der Waals surface area (Å²) in [6.45, 7) is 9.26. The minimum Gasteiger partial charge on any atom is -0.444 e. The van der Waals surface area contributed by atoms with Crippen molar-refractivity contribution in [3.8, 4) is 0 Å². The topological polar surface area (TPSA) is 63.6 Å². The summed E-state index contributed by atoms with van der Waals surface area (Å²) < 4.78 is 7.32. The van der Waals surface area contributed by atoms with Crippen molar-refractivity contribution in [1.29, 1.82) is 0 Å². The fourth-order valence-corrected chi connectivity index (χ4v) is 2.65. The molecule has 2 amide bonds. The number of rotatable bonds is 3. The Morgan fingerprint density at radius 2 is 2.09 bits per heavy atom. The number of hydrogen-bond donors (Lipinski definition) is 1. The lowest BCUT2D eigenvalue weighted by molar-refractivity contribution is -0.134. The average Bonchev–Trinajstić information content (AvgIpc) is 2.86. The van der Waals surface area contributed by atoms with E-state index in [0.717, 1.165) is 12.2 Å². The van der Waals surface area contributed by atoms with Gasteiger partial charge in [-0.05, 0) is 39.8 Å². The number of ether oxygens (including phenoxy) is 1. The van der Waals surface area contributed by atoms with Gasteiger partial charge in [-0.15, -0.1) is 0 Å². The van der Waals surface area contributed by atoms with E-state index in [-0.39, 0.29) is 24.9 Å². The van der Waals surface area contributed by atoms with Gasteiger partial charge in [0.2, 0.25) is 5.91 Å². The van der Waals surface area contributed by atoms with E-state index in [0.29, 0.717) is 6.54 Å². The quantitative estimate of drug-likeness (QED) is 0.932. The Hall–Kier alpha value is -1.98. The SMILES string of the molecule is C[C@H]1c2cccn2CCN1C(=O)CCNC(=O)OC(C)(C)C.